The summed E-state index contributed by atoms with van der Waals surface area (Å²) in [7, 11) is 0. The van der Waals surface area contributed by atoms with E-state index in [1.165, 1.54) is 0 Å². The molecule has 0 aromatic heterocycles. The van der Waals surface area contributed by atoms with Crippen LogP contribution in [0.15, 0.2) is 22.7 Å². The smallest absolute Gasteiger partial charge is 0.410 e. The molecule has 1 saturated heterocycles. The van der Waals surface area contributed by atoms with Crippen LogP contribution >= 0.6 is 15.9 Å². The first-order chi connectivity index (χ1) is 10.1. The summed E-state index contributed by atoms with van der Waals surface area (Å²) in [5.41, 5.74) is 0.648. The van der Waals surface area contributed by atoms with Gasteiger partial charge in [-0.15, -0.1) is 0 Å². The van der Waals surface area contributed by atoms with Gasteiger partial charge in [-0.05, 0) is 57.7 Å². The maximum absolute atomic E-state index is 12.1. The number of rotatable bonds is 1. The van der Waals surface area contributed by atoms with Crippen molar-refractivity contribution in [3.63, 3.8) is 0 Å². The summed E-state index contributed by atoms with van der Waals surface area (Å²) in [5.74, 6) is 0. The standard InChI is InChI=1S/C17H24BrNO3/c1-12-11-13(5-6-14(12)18)17(21)7-9-19(10-8-17)15(20)22-16(2,3)4/h5-6,11,21H,7-10H2,1-4H3. The largest absolute Gasteiger partial charge is 0.444 e. The van der Waals surface area contributed by atoms with Gasteiger partial charge in [0.2, 0.25) is 0 Å². The summed E-state index contributed by atoms with van der Waals surface area (Å²) in [5, 5.41) is 10.9. The second kappa shape index (κ2) is 6.20. The molecular weight excluding hydrogens is 346 g/mol. The maximum Gasteiger partial charge on any atom is 0.410 e. The highest BCUT2D eigenvalue weighted by molar-refractivity contribution is 9.10. The van der Waals surface area contributed by atoms with E-state index in [9.17, 15) is 9.90 Å². The molecule has 1 N–H and O–H groups in total. The highest BCUT2D eigenvalue weighted by atomic mass is 79.9. The van der Waals surface area contributed by atoms with E-state index in [1.807, 2.05) is 45.9 Å². The second-order valence-electron chi connectivity index (χ2n) is 6.96. The van der Waals surface area contributed by atoms with Crippen LogP contribution in [0.2, 0.25) is 0 Å². The lowest BCUT2D eigenvalue weighted by Gasteiger charge is -2.39. The van der Waals surface area contributed by atoms with Crippen molar-refractivity contribution in [2.75, 3.05) is 13.1 Å². The van der Waals surface area contributed by atoms with Gasteiger partial charge in [0.05, 0.1) is 5.60 Å². The molecule has 0 aliphatic carbocycles. The van der Waals surface area contributed by atoms with Crippen molar-refractivity contribution in [1.29, 1.82) is 0 Å². The average molecular weight is 370 g/mol. The monoisotopic (exact) mass is 369 g/mol. The number of carbonyl (C=O) groups excluding carboxylic acids is 1. The van der Waals surface area contributed by atoms with Crippen LogP contribution < -0.4 is 0 Å². The number of piperidine rings is 1. The predicted octanol–water partition coefficient (Wildman–Crippen LogP) is 3.98. The maximum atomic E-state index is 12.1. The van der Waals surface area contributed by atoms with Crippen molar-refractivity contribution in [2.45, 2.75) is 51.7 Å². The molecule has 1 heterocycles. The quantitative estimate of drug-likeness (QED) is 0.814. The average Bonchev–Trinajstić information content (AvgIpc) is 2.40. The van der Waals surface area contributed by atoms with Crippen LogP contribution in [0.3, 0.4) is 0 Å². The Bertz CT molecular complexity index is 558. The summed E-state index contributed by atoms with van der Waals surface area (Å²) in [6.45, 7) is 8.58. The Balaban J connectivity index is 2.04. The van der Waals surface area contributed by atoms with E-state index in [2.05, 4.69) is 15.9 Å². The molecule has 0 atom stereocenters. The lowest BCUT2D eigenvalue weighted by molar-refractivity contribution is -0.0356. The van der Waals surface area contributed by atoms with E-state index in [1.54, 1.807) is 4.90 Å². The lowest BCUT2D eigenvalue weighted by atomic mass is 9.84. The Kier molecular flexibility index (Phi) is 4.87. The fourth-order valence-corrected chi connectivity index (χ4v) is 2.86. The van der Waals surface area contributed by atoms with Crippen LogP contribution in [0.5, 0.6) is 0 Å². The molecule has 1 aromatic rings. The Morgan fingerprint density at radius 1 is 1.32 bits per heavy atom. The van der Waals surface area contributed by atoms with Crippen molar-refractivity contribution >= 4 is 22.0 Å². The molecule has 0 saturated carbocycles. The van der Waals surface area contributed by atoms with Crippen LogP contribution in [-0.4, -0.2) is 34.8 Å². The molecule has 0 bridgehead atoms. The van der Waals surface area contributed by atoms with E-state index in [-0.39, 0.29) is 6.09 Å². The number of hydrogen-bond donors (Lipinski definition) is 1. The molecule has 122 valence electrons. The molecule has 1 amide bonds. The molecule has 2 rings (SSSR count). The van der Waals surface area contributed by atoms with Crippen LogP contribution in [-0.2, 0) is 10.3 Å². The van der Waals surface area contributed by atoms with Crippen molar-refractivity contribution in [3.8, 4) is 0 Å². The summed E-state index contributed by atoms with van der Waals surface area (Å²) in [4.78, 5) is 13.7. The summed E-state index contributed by atoms with van der Waals surface area (Å²) in [6, 6.07) is 5.91. The Morgan fingerprint density at radius 3 is 2.41 bits per heavy atom. The first-order valence-corrected chi connectivity index (χ1v) is 8.37. The Hall–Kier alpha value is -1.07. The minimum atomic E-state index is -0.871. The normalized spacial score (nSPS) is 18.2. The molecule has 4 nitrogen and oxygen atoms in total. The highest BCUT2D eigenvalue weighted by Gasteiger charge is 2.36. The number of carbonyl (C=O) groups is 1. The summed E-state index contributed by atoms with van der Waals surface area (Å²) >= 11 is 3.48. The number of hydrogen-bond acceptors (Lipinski definition) is 3. The number of likely N-dealkylation sites (tertiary alicyclic amines) is 1. The molecular formula is C17H24BrNO3. The molecule has 1 aromatic carbocycles. The van der Waals surface area contributed by atoms with Gasteiger partial charge in [-0.3, -0.25) is 0 Å². The number of amides is 1. The van der Waals surface area contributed by atoms with E-state index >= 15 is 0 Å². The number of aliphatic hydroxyl groups is 1. The van der Waals surface area contributed by atoms with Gasteiger partial charge in [0.15, 0.2) is 0 Å². The molecule has 0 spiro atoms. The van der Waals surface area contributed by atoms with Gasteiger partial charge in [-0.25, -0.2) is 4.79 Å². The molecule has 1 aliphatic heterocycles. The predicted molar refractivity (Wildman–Crippen MR) is 89.8 cm³/mol. The molecule has 0 radical (unpaired) electrons. The number of benzene rings is 1. The Morgan fingerprint density at radius 2 is 1.91 bits per heavy atom. The second-order valence-corrected chi connectivity index (χ2v) is 7.82. The minimum Gasteiger partial charge on any atom is -0.444 e. The topological polar surface area (TPSA) is 49.8 Å². The lowest BCUT2D eigenvalue weighted by Crippen LogP contribution is -2.46. The number of nitrogens with zero attached hydrogens (tertiary/aromatic N) is 1. The summed E-state index contributed by atoms with van der Waals surface area (Å²) in [6.07, 6.45) is 0.738. The van der Waals surface area contributed by atoms with Gasteiger partial charge in [0, 0.05) is 17.6 Å². The fourth-order valence-electron chi connectivity index (χ4n) is 2.61. The van der Waals surface area contributed by atoms with E-state index in [4.69, 9.17) is 4.74 Å². The molecule has 1 fully saturated rings. The molecule has 5 heteroatoms. The van der Waals surface area contributed by atoms with Crippen LogP contribution in [0.1, 0.15) is 44.7 Å². The van der Waals surface area contributed by atoms with Crippen LogP contribution in [0.25, 0.3) is 0 Å². The summed E-state index contributed by atoms with van der Waals surface area (Å²) < 4.78 is 6.42. The van der Waals surface area contributed by atoms with Crippen molar-refractivity contribution in [3.05, 3.63) is 33.8 Å². The zero-order valence-electron chi connectivity index (χ0n) is 13.6. The Labute approximate surface area is 140 Å². The van der Waals surface area contributed by atoms with E-state index in [0.29, 0.717) is 25.9 Å². The zero-order valence-corrected chi connectivity index (χ0v) is 15.2. The number of aryl methyl sites for hydroxylation is 1. The van der Waals surface area contributed by atoms with Gasteiger partial charge in [0.1, 0.15) is 5.60 Å². The van der Waals surface area contributed by atoms with Gasteiger partial charge in [-0.1, -0.05) is 28.1 Å². The van der Waals surface area contributed by atoms with Gasteiger partial charge in [0.25, 0.3) is 0 Å². The van der Waals surface area contributed by atoms with Crippen molar-refractivity contribution < 1.29 is 14.6 Å². The van der Waals surface area contributed by atoms with E-state index < -0.39 is 11.2 Å². The first kappa shape index (κ1) is 17.3. The molecule has 22 heavy (non-hydrogen) atoms. The molecule has 1 aliphatic rings. The van der Waals surface area contributed by atoms with Gasteiger partial charge < -0.3 is 14.7 Å². The van der Waals surface area contributed by atoms with E-state index in [0.717, 1.165) is 15.6 Å². The third-order valence-corrected chi connectivity index (χ3v) is 4.83. The molecule has 0 unspecified atom stereocenters. The minimum absolute atomic E-state index is 0.304. The number of halogens is 1. The third kappa shape index (κ3) is 4.02. The van der Waals surface area contributed by atoms with Crippen LogP contribution in [0.4, 0.5) is 4.79 Å². The van der Waals surface area contributed by atoms with Crippen molar-refractivity contribution in [2.24, 2.45) is 0 Å². The zero-order chi connectivity index (χ0) is 16.5. The first-order valence-electron chi connectivity index (χ1n) is 7.58. The highest BCUT2D eigenvalue weighted by Crippen LogP contribution is 2.34. The van der Waals surface area contributed by atoms with Gasteiger partial charge >= 0.3 is 6.09 Å². The van der Waals surface area contributed by atoms with Crippen LogP contribution in [0, 0.1) is 6.92 Å². The third-order valence-electron chi connectivity index (χ3n) is 3.94. The van der Waals surface area contributed by atoms with Gasteiger partial charge in [-0.2, -0.15) is 0 Å². The SMILES string of the molecule is Cc1cc(C2(O)CCN(C(=O)OC(C)(C)C)CC2)ccc1Br. The van der Waals surface area contributed by atoms with Crippen molar-refractivity contribution in [1.82, 2.24) is 4.90 Å². The number of ether oxygens (including phenoxy) is 1. The fraction of sp³-hybridized carbons (Fsp3) is 0.588.